The molecule has 0 N–H and O–H groups in total. The quantitative estimate of drug-likeness (QED) is 0.172. The number of rotatable bonds is 11. The van der Waals surface area contributed by atoms with Gasteiger partial charge < -0.3 is 18.9 Å². The molecule has 9 nitrogen and oxygen atoms in total. The van der Waals surface area contributed by atoms with Crippen molar-refractivity contribution in [1.82, 2.24) is 4.57 Å². The maximum atomic E-state index is 14.2. The molecule has 45 heavy (non-hydrogen) atoms. The molecule has 0 saturated carbocycles. The number of hydrogen-bond donors (Lipinski definition) is 0. The Morgan fingerprint density at radius 2 is 1.71 bits per heavy atom. The van der Waals surface area contributed by atoms with Gasteiger partial charge >= 0.3 is 11.9 Å². The highest BCUT2D eigenvalue weighted by molar-refractivity contribution is 7.98. The van der Waals surface area contributed by atoms with Gasteiger partial charge in [-0.2, -0.15) is 0 Å². The van der Waals surface area contributed by atoms with Gasteiger partial charge in [0, 0.05) is 10.5 Å². The van der Waals surface area contributed by atoms with Crippen LogP contribution in [0.2, 0.25) is 0 Å². The fourth-order valence-corrected chi connectivity index (χ4v) is 6.34. The van der Waals surface area contributed by atoms with Crippen LogP contribution in [0.3, 0.4) is 0 Å². The highest BCUT2D eigenvalue weighted by Crippen LogP contribution is 2.36. The smallest absolute Gasteiger partial charge is 0.344 e. The molecular formula is C34H32N2O7S2. The third-order valence-electron chi connectivity index (χ3n) is 6.94. The largest absolute Gasteiger partial charge is 0.493 e. The lowest BCUT2D eigenvalue weighted by Gasteiger charge is -2.26. The average molecular weight is 645 g/mol. The molecule has 0 aliphatic carbocycles. The van der Waals surface area contributed by atoms with Crippen molar-refractivity contribution in [3.63, 3.8) is 0 Å². The zero-order valence-corrected chi connectivity index (χ0v) is 26.9. The summed E-state index contributed by atoms with van der Waals surface area (Å²) in [4.78, 5) is 45.9. The summed E-state index contributed by atoms with van der Waals surface area (Å²) < 4.78 is 23.5. The van der Waals surface area contributed by atoms with Gasteiger partial charge in [0.2, 0.25) is 0 Å². The van der Waals surface area contributed by atoms with Crippen LogP contribution in [0.1, 0.15) is 36.6 Å². The van der Waals surface area contributed by atoms with Gasteiger partial charge in [0.1, 0.15) is 0 Å². The summed E-state index contributed by atoms with van der Waals surface area (Å²) in [5.41, 5.74) is 2.64. The van der Waals surface area contributed by atoms with Crippen LogP contribution >= 0.6 is 23.1 Å². The standard InChI is InChI=1S/C34H32N2O7S2/c1-5-41-28(37)20-43-25-17-12-21(18-26(25)40-3)19-27-32(38)36-31(23-13-15-24(44-4)16-14-23)29(33(39)42-6-2)30(35-34(36)45-27)22-10-8-7-9-11-22/h7-19,31H,5-6,20H2,1-4H3/b27-19-/t31-/m0/s1. The zero-order chi connectivity index (χ0) is 31.9. The Hall–Kier alpha value is -4.61. The second-order valence-corrected chi connectivity index (χ2v) is 11.6. The fourth-order valence-electron chi connectivity index (χ4n) is 4.93. The molecule has 0 spiro atoms. The van der Waals surface area contributed by atoms with Gasteiger partial charge in [0.05, 0.1) is 42.2 Å². The molecule has 3 aromatic carbocycles. The third kappa shape index (κ3) is 6.89. The first-order chi connectivity index (χ1) is 21.9. The Bertz CT molecular complexity index is 1910. The van der Waals surface area contributed by atoms with Crippen molar-refractivity contribution in [3.05, 3.63) is 115 Å². The molecule has 0 radical (unpaired) electrons. The monoisotopic (exact) mass is 644 g/mol. The highest BCUT2D eigenvalue weighted by atomic mass is 32.2. The number of benzene rings is 3. The minimum atomic E-state index is -0.762. The molecule has 0 saturated heterocycles. The van der Waals surface area contributed by atoms with Gasteiger partial charge in [-0.15, -0.1) is 11.8 Å². The van der Waals surface area contributed by atoms with Gasteiger partial charge in [-0.1, -0.05) is 59.9 Å². The zero-order valence-electron chi connectivity index (χ0n) is 25.3. The van der Waals surface area contributed by atoms with E-state index in [1.807, 2.05) is 60.9 Å². The first-order valence-corrected chi connectivity index (χ1v) is 16.3. The Morgan fingerprint density at radius 3 is 2.38 bits per heavy atom. The predicted octanol–water partition coefficient (Wildman–Crippen LogP) is 4.61. The van der Waals surface area contributed by atoms with E-state index in [1.165, 1.54) is 18.4 Å². The molecule has 1 aromatic heterocycles. The molecule has 5 rings (SSSR count). The maximum Gasteiger partial charge on any atom is 0.344 e. The molecule has 11 heteroatoms. The maximum absolute atomic E-state index is 14.2. The molecule has 4 aromatic rings. The van der Waals surface area contributed by atoms with E-state index in [9.17, 15) is 14.4 Å². The van der Waals surface area contributed by atoms with Gasteiger partial charge in [-0.05, 0) is 61.6 Å². The average Bonchev–Trinajstić information content (AvgIpc) is 3.37. The first kappa shape index (κ1) is 31.8. The highest BCUT2D eigenvalue weighted by Gasteiger charge is 2.35. The van der Waals surface area contributed by atoms with E-state index in [4.69, 9.17) is 23.9 Å². The number of nitrogens with zero attached hydrogens (tertiary/aromatic N) is 2. The van der Waals surface area contributed by atoms with E-state index < -0.39 is 18.0 Å². The lowest BCUT2D eigenvalue weighted by atomic mass is 9.93. The van der Waals surface area contributed by atoms with Crippen LogP contribution in [-0.4, -0.2) is 49.7 Å². The number of ether oxygens (including phenoxy) is 4. The van der Waals surface area contributed by atoms with Crippen LogP contribution in [0.15, 0.2) is 93.1 Å². The van der Waals surface area contributed by atoms with E-state index in [1.54, 1.807) is 54.5 Å². The summed E-state index contributed by atoms with van der Waals surface area (Å²) in [7, 11) is 1.49. The van der Waals surface area contributed by atoms with Gasteiger partial charge in [-0.25, -0.2) is 14.6 Å². The fraction of sp³-hybridized carbons (Fsp3) is 0.235. The Morgan fingerprint density at radius 1 is 0.978 bits per heavy atom. The second-order valence-electron chi connectivity index (χ2n) is 9.71. The van der Waals surface area contributed by atoms with Crippen LogP contribution in [-0.2, 0) is 19.1 Å². The number of carbonyl (C=O) groups excluding carboxylic acids is 2. The normalized spacial score (nSPS) is 14.4. The minimum absolute atomic E-state index is 0.175. The molecule has 1 atom stereocenters. The third-order valence-corrected chi connectivity index (χ3v) is 8.67. The van der Waals surface area contributed by atoms with Gasteiger partial charge in [0.15, 0.2) is 22.9 Å². The Kier molecular flexibility index (Phi) is 10.2. The summed E-state index contributed by atoms with van der Waals surface area (Å²) in [5, 5.41) is 0. The molecule has 0 bridgehead atoms. The van der Waals surface area contributed by atoms with E-state index in [-0.39, 0.29) is 25.4 Å². The summed E-state index contributed by atoms with van der Waals surface area (Å²) in [5.74, 6) is -0.260. The van der Waals surface area contributed by atoms with E-state index in [2.05, 4.69) is 0 Å². The Balaban J connectivity index is 1.67. The van der Waals surface area contributed by atoms with Crippen molar-refractivity contribution >= 4 is 46.8 Å². The van der Waals surface area contributed by atoms with Gasteiger partial charge in [0.25, 0.3) is 5.56 Å². The Labute approximate surface area is 268 Å². The number of aromatic nitrogens is 1. The van der Waals surface area contributed by atoms with Gasteiger partial charge in [-0.3, -0.25) is 9.36 Å². The minimum Gasteiger partial charge on any atom is -0.493 e. The number of esters is 2. The number of fused-ring (bicyclic) bond motifs is 1. The number of methoxy groups -OCH3 is 1. The molecule has 2 heterocycles. The van der Waals surface area contributed by atoms with E-state index in [0.717, 1.165) is 16.0 Å². The van der Waals surface area contributed by atoms with Crippen molar-refractivity contribution < 1.29 is 28.5 Å². The summed E-state index contributed by atoms with van der Waals surface area (Å²) in [6.45, 7) is 3.65. The number of hydrogen-bond acceptors (Lipinski definition) is 10. The van der Waals surface area contributed by atoms with Crippen LogP contribution in [0.4, 0.5) is 0 Å². The lowest BCUT2D eigenvalue weighted by molar-refractivity contribution is -0.145. The number of carbonyl (C=O) groups is 2. The van der Waals surface area contributed by atoms with Crippen molar-refractivity contribution in [3.8, 4) is 11.5 Å². The van der Waals surface area contributed by atoms with Crippen LogP contribution in [0, 0.1) is 0 Å². The second kappa shape index (κ2) is 14.4. The van der Waals surface area contributed by atoms with Crippen molar-refractivity contribution in [2.45, 2.75) is 24.8 Å². The number of thiazole rings is 1. The lowest BCUT2D eigenvalue weighted by Crippen LogP contribution is -2.40. The van der Waals surface area contributed by atoms with Crippen LogP contribution in [0.5, 0.6) is 11.5 Å². The molecule has 0 amide bonds. The predicted molar refractivity (Wildman–Crippen MR) is 174 cm³/mol. The van der Waals surface area contributed by atoms with E-state index >= 15 is 0 Å². The molecule has 0 fully saturated rings. The number of thioether (sulfide) groups is 1. The van der Waals surface area contributed by atoms with Crippen molar-refractivity contribution in [1.29, 1.82) is 0 Å². The topological polar surface area (TPSA) is 105 Å². The summed E-state index contributed by atoms with van der Waals surface area (Å²) >= 11 is 2.84. The molecule has 232 valence electrons. The van der Waals surface area contributed by atoms with Crippen LogP contribution in [0.25, 0.3) is 11.8 Å². The molecule has 0 unspecified atom stereocenters. The SMILES string of the molecule is CCOC(=O)COc1ccc(/C=c2\sc3n(c2=O)[C@@H](c2ccc(SC)cc2)C(C(=O)OCC)=C(c2ccccc2)N=3)cc1OC. The summed E-state index contributed by atoms with van der Waals surface area (Å²) in [6.07, 6.45) is 3.73. The van der Waals surface area contributed by atoms with E-state index in [0.29, 0.717) is 37.7 Å². The first-order valence-electron chi connectivity index (χ1n) is 14.3. The molecular weight excluding hydrogens is 613 g/mol. The molecule has 1 aliphatic rings. The van der Waals surface area contributed by atoms with Crippen molar-refractivity contribution in [2.75, 3.05) is 33.2 Å². The summed E-state index contributed by atoms with van der Waals surface area (Å²) in [6, 6.07) is 21.6. The molecule has 1 aliphatic heterocycles. The van der Waals surface area contributed by atoms with Crippen molar-refractivity contribution in [2.24, 2.45) is 4.99 Å². The van der Waals surface area contributed by atoms with Crippen LogP contribution < -0.4 is 24.4 Å².